The van der Waals surface area contributed by atoms with E-state index >= 15 is 0 Å². The summed E-state index contributed by atoms with van der Waals surface area (Å²) >= 11 is 0. The molecule has 78 valence electrons. The molecule has 3 N–H and O–H groups in total. The molecule has 1 atom stereocenters. The van der Waals surface area contributed by atoms with Crippen LogP contribution in [-0.4, -0.2) is 22.6 Å². The molecule has 4 heteroatoms. The van der Waals surface area contributed by atoms with Crippen molar-refractivity contribution in [3.05, 3.63) is 18.5 Å². The molecule has 1 unspecified atom stereocenters. The largest absolute Gasteiger partial charge is 0.350 e. The van der Waals surface area contributed by atoms with E-state index in [9.17, 15) is 0 Å². The number of nitrogens with one attached hydrogen (secondary N) is 1. The van der Waals surface area contributed by atoms with Gasteiger partial charge in [-0.15, -0.1) is 0 Å². The Kier molecular flexibility index (Phi) is 4.32. The minimum atomic E-state index is 0.261. The van der Waals surface area contributed by atoms with Crippen molar-refractivity contribution in [2.45, 2.75) is 26.3 Å². The summed E-state index contributed by atoms with van der Waals surface area (Å²) in [6.45, 7) is 4.96. The molecule has 0 radical (unpaired) electrons. The Hall–Kier alpha value is -1.16. The highest BCUT2D eigenvalue weighted by Gasteiger charge is 2.09. The normalized spacial score (nSPS) is 12.9. The molecule has 0 saturated carbocycles. The van der Waals surface area contributed by atoms with E-state index in [2.05, 4.69) is 29.1 Å². The summed E-state index contributed by atoms with van der Waals surface area (Å²) in [6, 6.07) is 2.06. The molecule has 0 aliphatic rings. The van der Waals surface area contributed by atoms with Crippen LogP contribution < -0.4 is 11.1 Å². The van der Waals surface area contributed by atoms with Gasteiger partial charge in [0.15, 0.2) is 0 Å². The van der Waals surface area contributed by atoms with Crippen molar-refractivity contribution in [3.63, 3.8) is 0 Å². The fourth-order valence-corrected chi connectivity index (χ4v) is 1.34. The Morgan fingerprint density at radius 2 is 2.00 bits per heavy atom. The first-order valence-corrected chi connectivity index (χ1v) is 4.96. The highest BCUT2D eigenvalue weighted by molar-refractivity contribution is 5.24. The molecule has 0 aliphatic carbocycles. The third kappa shape index (κ3) is 3.70. The van der Waals surface area contributed by atoms with Gasteiger partial charge < -0.3 is 11.1 Å². The molecule has 1 aromatic rings. The third-order valence-corrected chi connectivity index (χ3v) is 1.94. The van der Waals surface area contributed by atoms with E-state index in [0.29, 0.717) is 18.4 Å². The Morgan fingerprint density at radius 1 is 1.36 bits per heavy atom. The fourth-order valence-electron chi connectivity index (χ4n) is 1.34. The smallest absolute Gasteiger partial charge is 0.222 e. The molecule has 0 amide bonds. The van der Waals surface area contributed by atoms with E-state index in [4.69, 9.17) is 5.73 Å². The zero-order valence-corrected chi connectivity index (χ0v) is 8.77. The molecule has 1 rings (SSSR count). The van der Waals surface area contributed by atoms with Crippen LogP contribution in [0.4, 0.5) is 5.95 Å². The van der Waals surface area contributed by atoms with E-state index in [-0.39, 0.29) is 6.04 Å². The van der Waals surface area contributed by atoms with Gasteiger partial charge in [0, 0.05) is 25.0 Å². The van der Waals surface area contributed by atoms with E-state index in [1.165, 1.54) is 0 Å². The maximum Gasteiger partial charge on any atom is 0.222 e. The fraction of sp³-hybridized carbons (Fsp3) is 0.600. The van der Waals surface area contributed by atoms with Crippen LogP contribution >= 0.6 is 0 Å². The zero-order valence-electron chi connectivity index (χ0n) is 8.77. The van der Waals surface area contributed by atoms with E-state index in [1.54, 1.807) is 18.5 Å². The van der Waals surface area contributed by atoms with E-state index in [0.717, 1.165) is 6.42 Å². The first-order chi connectivity index (χ1) is 6.72. The SMILES string of the molecule is CC(C)CC(CN)Nc1ncccn1. The summed E-state index contributed by atoms with van der Waals surface area (Å²) in [5.74, 6) is 1.28. The number of rotatable bonds is 5. The molecular formula is C10H18N4. The molecule has 0 fully saturated rings. The van der Waals surface area contributed by atoms with Crippen molar-refractivity contribution in [1.29, 1.82) is 0 Å². The topological polar surface area (TPSA) is 63.8 Å². The molecule has 1 heterocycles. The predicted molar refractivity (Wildman–Crippen MR) is 58.0 cm³/mol. The first-order valence-electron chi connectivity index (χ1n) is 4.96. The van der Waals surface area contributed by atoms with Gasteiger partial charge in [0.1, 0.15) is 0 Å². The molecule has 0 saturated heterocycles. The average Bonchev–Trinajstić information content (AvgIpc) is 2.17. The zero-order chi connectivity index (χ0) is 10.4. The van der Waals surface area contributed by atoms with Crippen LogP contribution in [0.15, 0.2) is 18.5 Å². The quantitative estimate of drug-likeness (QED) is 0.740. The molecule has 4 nitrogen and oxygen atoms in total. The van der Waals surface area contributed by atoms with Gasteiger partial charge in [-0.1, -0.05) is 13.8 Å². The number of nitrogens with zero attached hydrogens (tertiary/aromatic N) is 2. The molecule has 0 aliphatic heterocycles. The maximum absolute atomic E-state index is 5.65. The Labute approximate surface area is 85.0 Å². The van der Waals surface area contributed by atoms with Gasteiger partial charge in [0.2, 0.25) is 5.95 Å². The molecule has 0 aromatic carbocycles. The molecule has 0 spiro atoms. The van der Waals surface area contributed by atoms with Crippen molar-refractivity contribution in [2.75, 3.05) is 11.9 Å². The number of hydrogen-bond acceptors (Lipinski definition) is 4. The molecular weight excluding hydrogens is 176 g/mol. The number of aromatic nitrogens is 2. The van der Waals surface area contributed by atoms with Crippen LogP contribution in [-0.2, 0) is 0 Å². The van der Waals surface area contributed by atoms with Crippen molar-refractivity contribution >= 4 is 5.95 Å². The second-order valence-electron chi connectivity index (χ2n) is 3.78. The lowest BCUT2D eigenvalue weighted by Crippen LogP contribution is -2.30. The predicted octanol–water partition coefficient (Wildman–Crippen LogP) is 1.26. The standard InChI is InChI=1S/C10H18N4/c1-8(2)6-9(7-11)14-10-12-4-3-5-13-10/h3-5,8-9H,6-7,11H2,1-2H3,(H,12,13,14). The van der Waals surface area contributed by atoms with Crippen LogP contribution in [0.2, 0.25) is 0 Å². The van der Waals surface area contributed by atoms with Crippen LogP contribution in [0.5, 0.6) is 0 Å². The summed E-state index contributed by atoms with van der Waals surface area (Å²) in [5.41, 5.74) is 5.65. The summed E-state index contributed by atoms with van der Waals surface area (Å²) < 4.78 is 0. The number of anilines is 1. The number of hydrogen-bond donors (Lipinski definition) is 2. The Bertz CT molecular complexity index is 248. The first kappa shape index (κ1) is 10.9. The van der Waals surface area contributed by atoms with Crippen molar-refractivity contribution in [3.8, 4) is 0 Å². The van der Waals surface area contributed by atoms with Crippen LogP contribution in [0, 0.1) is 5.92 Å². The highest BCUT2D eigenvalue weighted by atomic mass is 15.1. The summed E-state index contributed by atoms with van der Waals surface area (Å²) in [5, 5.41) is 3.21. The van der Waals surface area contributed by atoms with Gasteiger partial charge in [0.05, 0.1) is 0 Å². The Morgan fingerprint density at radius 3 is 2.50 bits per heavy atom. The van der Waals surface area contributed by atoms with Gasteiger partial charge in [-0.05, 0) is 18.4 Å². The van der Waals surface area contributed by atoms with Gasteiger partial charge >= 0.3 is 0 Å². The average molecular weight is 194 g/mol. The van der Waals surface area contributed by atoms with Crippen molar-refractivity contribution in [2.24, 2.45) is 11.7 Å². The second kappa shape index (κ2) is 5.54. The van der Waals surface area contributed by atoms with Crippen molar-refractivity contribution < 1.29 is 0 Å². The highest BCUT2D eigenvalue weighted by Crippen LogP contribution is 2.07. The number of nitrogens with two attached hydrogens (primary N) is 1. The Balaban J connectivity index is 2.48. The lowest BCUT2D eigenvalue weighted by molar-refractivity contribution is 0.520. The lowest BCUT2D eigenvalue weighted by Gasteiger charge is -2.18. The van der Waals surface area contributed by atoms with Crippen LogP contribution in [0.1, 0.15) is 20.3 Å². The molecule has 14 heavy (non-hydrogen) atoms. The summed E-state index contributed by atoms with van der Waals surface area (Å²) in [6.07, 6.45) is 4.48. The summed E-state index contributed by atoms with van der Waals surface area (Å²) in [4.78, 5) is 8.19. The van der Waals surface area contributed by atoms with E-state index in [1.807, 2.05) is 0 Å². The van der Waals surface area contributed by atoms with Gasteiger partial charge in [-0.2, -0.15) is 0 Å². The van der Waals surface area contributed by atoms with Gasteiger partial charge in [0.25, 0.3) is 0 Å². The third-order valence-electron chi connectivity index (χ3n) is 1.94. The minimum Gasteiger partial charge on any atom is -0.350 e. The van der Waals surface area contributed by atoms with Crippen molar-refractivity contribution in [1.82, 2.24) is 9.97 Å². The van der Waals surface area contributed by atoms with Gasteiger partial charge in [-0.25, -0.2) is 9.97 Å². The van der Waals surface area contributed by atoms with Gasteiger partial charge in [-0.3, -0.25) is 0 Å². The monoisotopic (exact) mass is 194 g/mol. The van der Waals surface area contributed by atoms with Crippen LogP contribution in [0.25, 0.3) is 0 Å². The second-order valence-corrected chi connectivity index (χ2v) is 3.78. The minimum absolute atomic E-state index is 0.261. The molecule has 0 bridgehead atoms. The summed E-state index contributed by atoms with van der Waals surface area (Å²) in [7, 11) is 0. The lowest BCUT2D eigenvalue weighted by atomic mass is 10.0. The maximum atomic E-state index is 5.65. The van der Waals surface area contributed by atoms with Crippen LogP contribution in [0.3, 0.4) is 0 Å². The van der Waals surface area contributed by atoms with E-state index < -0.39 is 0 Å². The molecule has 1 aromatic heterocycles.